The van der Waals surface area contributed by atoms with Gasteiger partial charge in [-0.05, 0) is 47.6 Å². The summed E-state index contributed by atoms with van der Waals surface area (Å²) in [4.78, 5) is 17.5. The van der Waals surface area contributed by atoms with Crippen molar-refractivity contribution in [2.24, 2.45) is 0 Å². The summed E-state index contributed by atoms with van der Waals surface area (Å²) < 4.78 is 0. The first-order valence-electron chi connectivity index (χ1n) is 10.0. The fourth-order valence-corrected chi connectivity index (χ4v) is 5.58. The first-order valence-corrected chi connectivity index (χ1v) is 11.8. The number of thioether (sulfide) groups is 1. The van der Waals surface area contributed by atoms with Crippen LogP contribution in [-0.4, -0.2) is 23.1 Å². The fourth-order valence-electron chi connectivity index (χ4n) is 3.68. The molecule has 0 saturated heterocycles. The fraction of sp³-hybridized carbons (Fsp3) is 0.250. The zero-order valence-electron chi connectivity index (χ0n) is 16.9. The number of fused-ring (bicyclic) bond motifs is 1. The Hall–Kier alpha value is -2.59. The number of carbonyl (C=O) groups excluding carboxylic acids is 1. The molecular formula is C24H23N3OS2. The lowest BCUT2D eigenvalue weighted by molar-refractivity contribution is 0.102. The Balaban J connectivity index is 1.49. The van der Waals surface area contributed by atoms with Crippen LogP contribution in [0.1, 0.15) is 38.8 Å². The van der Waals surface area contributed by atoms with Crippen LogP contribution in [0.15, 0.2) is 59.5 Å². The molecule has 4 nitrogen and oxygen atoms in total. The smallest absolute Gasteiger partial charge is 0.256 e. The Labute approximate surface area is 185 Å². The van der Waals surface area contributed by atoms with Crippen molar-refractivity contribution >= 4 is 34.0 Å². The van der Waals surface area contributed by atoms with Crippen LogP contribution in [0.5, 0.6) is 0 Å². The monoisotopic (exact) mass is 433 g/mol. The van der Waals surface area contributed by atoms with Gasteiger partial charge in [0, 0.05) is 35.0 Å². The van der Waals surface area contributed by atoms with Gasteiger partial charge in [-0.1, -0.05) is 37.3 Å². The van der Waals surface area contributed by atoms with E-state index in [1.807, 2.05) is 30.3 Å². The highest BCUT2D eigenvalue weighted by Crippen LogP contribution is 2.37. The van der Waals surface area contributed by atoms with Crippen LogP contribution >= 0.6 is 23.1 Å². The average molecular weight is 434 g/mol. The summed E-state index contributed by atoms with van der Waals surface area (Å²) in [5.41, 5.74) is 3.62. The highest BCUT2D eigenvalue weighted by atomic mass is 32.2. The van der Waals surface area contributed by atoms with Gasteiger partial charge in [-0.2, -0.15) is 5.26 Å². The third-order valence-corrected chi connectivity index (χ3v) is 7.18. The van der Waals surface area contributed by atoms with Gasteiger partial charge in [0.25, 0.3) is 5.91 Å². The maximum atomic E-state index is 12.7. The molecule has 6 heteroatoms. The van der Waals surface area contributed by atoms with Crippen molar-refractivity contribution in [3.05, 3.63) is 81.7 Å². The predicted molar refractivity (Wildman–Crippen MR) is 124 cm³/mol. The molecule has 0 aliphatic carbocycles. The lowest BCUT2D eigenvalue weighted by Crippen LogP contribution is -2.29. The summed E-state index contributed by atoms with van der Waals surface area (Å²) in [6.07, 6.45) is 0.834. The minimum atomic E-state index is -0.167. The molecule has 1 amide bonds. The third-order valence-electron chi connectivity index (χ3n) is 5.15. The maximum absolute atomic E-state index is 12.7. The van der Waals surface area contributed by atoms with Crippen LogP contribution < -0.4 is 5.32 Å². The molecule has 4 rings (SSSR count). The number of nitriles is 1. The normalized spacial score (nSPS) is 13.5. The number of carbonyl (C=O) groups is 1. The van der Waals surface area contributed by atoms with Crippen molar-refractivity contribution in [3.63, 3.8) is 0 Å². The molecule has 0 fully saturated rings. The number of amides is 1. The van der Waals surface area contributed by atoms with Crippen molar-refractivity contribution in [1.29, 1.82) is 5.26 Å². The topological polar surface area (TPSA) is 56.1 Å². The maximum Gasteiger partial charge on any atom is 0.256 e. The molecule has 30 heavy (non-hydrogen) atoms. The van der Waals surface area contributed by atoms with Crippen LogP contribution in [0.25, 0.3) is 0 Å². The number of benzene rings is 2. The van der Waals surface area contributed by atoms with Gasteiger partial charge in [-0.15, -0.1) is 23.1 Å². The quantitative estimate of drug-likeness (QED) is 0.519. The van der Waals surface area contributed by atoms with Crippen molar-refractivity contribution in [2.75, 3.05) is 17.6 Å². The molecule has 0 atom stereocenters. The second kappa shape index (κ2) is 9.48. The number of nitrogens with zero attached hydrogens (tertiary/aromatic N) is 2. The van der Waals surface area contributed by atoms with Gasteiger partial charge in [-0.3, -0.25) is 9.69 Å². The molecule has 2 heterocycles. The lowest BCUT2D eigenvalue weighted by Gasteiger charge is -2.26. The summed E-state index contributed by atoms with van der Waals surface area (Å²) >= 11 is 3.28. The first-order chi connectivity index (χ1) is 14.7. The first kappa shape index (κ1) is 20.7. The van der Waals surface area contributed by atoms with Gasteiger partial charge >= 0.3 is 0 Å². The van der Waals surface area contributed by atoms with E-state index in [9.17, 15) is 10.1 Å². The zero-order chi connectivity index (χ0) is 20.9. The van der Waals surface area contributed by atoms with Crippen molar-refractivity contribution < 1.29 is 4.79 Å². The predicted octanol–water partition coefficient (Wildman–Crippen LogP) is 5.54. The molecule has 1 aliphatic heterocycles. The van der Waals surface area contributed by atoms with Crippen molar-refractivity contribution in [1.82, 2.24) is 4.90 Å². The van der Waals surface area contributed by atoms with Crippen molar-refractivity contribution in [2.45, 2.75) is 31.3 Å². The van der Waals surface area contributed by atoms with E-state index in [4.69, 9.17) is 0 Å². The largest absolute Gasteiger partial charge is 0.312 e. The van der Waals surface area contributed by atoms with Gasteiger partial charge in [-0.25, -0.2) is 0 Å². The molecule has 1 aliphatic rings. The van der Waals surface area contributed by atoms with E-state index >= 15 is 0 Å². The number of thiophene rings is 1. The molecule has 0 saturated carbocycles. The van der Waals surface area contributed by atoms with E-state index in [2.05, 4.69) is 47.5 Å². The minimum absolute atomic E-state index is 0.167. The summed E-state index contributed by atoms with van der Waals surface area (Å²) in [6, 6.07) is 20.4. The van der Waals surface area contributed by atoms with Gasteiger partial charge in [0.15, 0.2) is 0 Å². The summed E-state index contributed by atoms with van der Waals surface area (Å²) in [7, 11) is 0. The molecule has 0 bridgehead atoms. The summed E-state index contributed by atoms with van der Waals surface area (Å²) in [5, 5.41) is 13.4. The van der Waals surface area contributed by atoms with E-state index < -0.39 is 0 Å². The minimum Gasteiger partial charge on any atom is -0.312 e. The summed E-state index contributed by atoms with van der Waals surface area (Å²) in [5.74, 6) is 0.832. The van der Waals surface area contributed by atoms with E-state index in [0.717, 1.165) is 42.3 Å². The van der Waals surface area contributed by atoms with Crippen LogP contribution in [0.3, 0.4) is 0 Å². The highest BCUT2D eigenvalue weighted by molar-refractivity contribution is 7.99. The molecule has 0 radical (unpaired) electrons. The van der Waals surface area contributed by atoms with Gasteiger partial charge in [0.05, 0.1) is 5.56 Å². The third kappa shape index (κ3) is 4.59. The molecule has 2 aromatic carbocycles. The Bertz CT molecular complexity index is 1070. The summed E-state index contributed by atoms with van der Waals surface area (Å²) in [6.45, 7) is 4.72. The molecule has 0 unspecified atom stereocenters. The van der Waals surface area contributed by atoms with E-state index in [1.165, 1.54) is 21.8 Å². The molecule has 152 valence electrons. The number of anilines is 1. The van der Waals surface area contributed by atoms with Gasteiger partial charge in [0.2, 0.25) is 0 Å². The Kier molecular flexibility index (Phi) is 6.53. The average Bonchev–Trinajstić information content (AvgIpc) is 3.11. The molecule has 1 N–H and O–H groups in total. The second-order valence-electron chi connectivity index (χ2n) is 7.18. The van der Waals surface area contributed by atoms with Crippen LogP contribution in [0, 0.1) is 11.3 Å². The molecule has 3 aromatic rings. The van der Waals surface area contributed by atoms with E-state index in [-0.39, 0.29) is 5.91 Å². The standard InChI is InChI=1S/C24H23N3OS2/c1-2-29-19-10-8-18(9-11-19)23(28)26-24-21(14-25)20-12-13-27(16-22(20)30-24)15-17-6-4-3-5-7-17/h3-11H,2,12-13,15-16H2,1H3,(H,26,28). The zero-order valence-corrected chi connectivity index (χ0v) is 18.5. The Morgan fingerprint density at radius 3 is 2.67 bits per heavy atom. The van der Waals surface area contributed by atoms with Crippen LogP contribution in [0.4, 0.5) is 5.00 Å². The van der Waals surface area contributed by atoms with E-state index in [0.29, 0.717) is 16.1 Å². The molecule has 1 aromatic heterocycles. The number of nitrogens with one attached hydrogen (secondary N) is 1. The van der Waals surface area contributed by atoms with E-state index in [1.54, 1.807) is 11.8 Å². The highest BCUT2D eigenvalue weighted by Gasteiger charge is 2.25. The van der Waals surface area contributed by atoms with Crippen molar-refractivity contribution in [3.8, 4) is 6.07 Å². The molecular weight excluding hydrogens is 410 g/mol. The molecule has 0 spiro atoms. The Morgan fingerprint density at radius 1 is 1.20 bits per heavy atom. The van der Waals surface area contributed by atoms with Crippen LogP contribution in [0.2, 0.25) is 0 Å². The number of rotatable bonds is 6. The van der Waals surface area contributed by atoms with Crippen LogP contribution in [-0.2, 0) is 19.5 Å². The number of hydrogen-bond donors (Lipinski definition) is 1. The van der Waals surface area contributed by atoms with Gasteiger partial charge in [0.1, 0.15) is 11.1 Å². The number of hydrogen-bond acceptors (Lipinski definition) is 5. The Morgan fingerprint density at radius 2 is 1.97 bits per heavy atom. The lowest BCUT2D eigenvalue weighted by atomic mass is 10.0. The van der Waals surface area contributed by atoms with Gasteiger partial charge < -0.3 is 5.32 Å². The SMILES string of the molecule is CCSc1ccc(C(=O)Nc2sc3c(c2C#N)CCN(Cc2ccccc2)C3)cc1. The second-order valence-corrected chi connectivity index (χ2v) is 9.62.